The van der Waals surface area contributed by atoms with E-state index in [1.54, 1.807) is 36.7 Å². The molecule has 2 aromatic carbocycles. The Morgan fingerprint density at radius 2 is 1.79 bits per heavy atom. The summed E-state index contributed by atoms with van der Waals surface area (Å²) < 4.78 is 0. The van der Waals surface area contributed by atoms with E-state index in [4.69, 9.17) is 28.6 Å². The largest absolute Gasteiger partial charge is 0.370 e. The maximum atomic E-state index is 13.0. The molecule has 3 aromatic rings. The van der Waals surface area contributed by atoms with Crippen LogP contribution in [-0.4, -0.2) is 16.7 Å². The summed E-state index contributed by atoms with van der Waals surface area (Å²) in [6, 6.07) is 15.4. The number of benzene rings is 2. The third-order valence-electron chi connectivity index (χ3n) is 4.04. The Kier molecular flexibility index (Phi) is 6.29. The molecule has 0 bridgehead atoms. The van der Waals surface area contributed by atoms with Crippen molar-refractivity contribution in [2.24, 2.45) is 0 Å². The third kappa shape index (κ3) is 4.88. The van der Waals surface area contributed by atoms with Crippen molar-refractivity contribution in [1.29, 1.82) is 5.41 Å². The molecule has 0 aliphatic heterocycles. The fraction of sp³-hybridized carbons (Fsp3) is 0.0952. The Balaban J connectivity index is 1.85. The van der Waals surface area contributed by atoms with Gasteiger partial charge in [-0.2, -0.15) is 0 Å². The highest BCUT2D eigenvalue weighted by Gasteiger charge is 2.22. The van der Waals surface area contributed by atoms with Gasteiger partial charge in [-0.3, -0.25) is 15.2 Å². The molecule has 5 nitrogen and oxygen atoms in total. The molecule has 3 rings (SSSR count). The lowest BCUT2D eigenvalue weighted by atomic mass is 10.1. The lowest BCUT2D eigenvalue weighted by Gasteiger charge is -2.20. The van der Waals surface area contributed by atoms with Gasteiger partial charge >= 0.3 is 0 Å². The van der Waals surface area contributed by atoms with Crippen molar-refractivity contribution in [2.75, 3.05) is 5.32 Å². The number of carbonyl (C=O) groups is 1. The van der Waals surface area contributed by atoms with Crippen molar-refractivity contribution in [3.8, 4) is 0 Å². The van der Waals surface area contributed by atoms with Crippen LogP contribution in [0.4, 0.5) is 5.69 Å². The second-order valence-corrected chi connectivity index (χ2v) is 7.05. The zero-order chi connectivity index (χ0) is 20.1. The quantitative estimate of drug-likeness (QED) is 0.407. The number of carbonyl (C=O) groups excluding carboxylic acids is 1. The Bertz CT molecular complexity index is 1010. The fourth-order valence-electron chi connectivity index (χ4n) is 2.66. The summed E-state index contributed by atoms with van der Waals surface area (Å²) in [6.45, 7) is 1.88. The fourth-order valence-corrected chi connectivity index (χ4v) is 2.96. The number of anilines is 1. The van der Waals surface area contributed by atoms with Gasteiger partial charge in [-0.25, -0.2) is 0 Å². The van der Waals surface area contributed by atoms with Crippen LogP contribution in [0.2, 0.25) is 10.0 Å². The topological polar surface area (TPSA) is 77.9 Å². The summed E-state index contributed by atoms with van der Waals surface area (Å²) in [5, 5.41) is 14.8. The highest BCUT2D eigenvalue weighted by atomic mass is 35.5. The van der Waals surface area contributed by atoms with Crippen LogP contribution < -0.4 is 10.6 Å². The molecule has 0 fully saturated rings. The molecule has 0 aliphatic rings. The van der Waals surface area contributed by atoms with E-state index in [-0.39, 0.29) is 11.7 Å². The number of halogens is 2. The first-order valence-electron chi connectivity index (χ1n) is 8.52. The Morgan fingerprint density at radius 3 is 2.46 bits per heavy atom. The summed E-state index contributed by atoms with van der Waals surface area (Å²) in [5.74, 6) is -0.387. The molecule has 1 aromatic heterocycles. The number of rotatable bonds is 5. The minimum absolute atomic E-state index is 0.0157. The number of hydrogen-bond donors (Lipinski definition) is 3. The lowest BCUT2D eigenvalue weighted by Crippen LogP contribution is -2.37. The van der Waals surface area contributed by atoms with E-state index in [1.165, 1.54) is 0 Å². The zero-order valence-electron chi connectivity index (χ0n) is 15.0. The van der Waals surface area contributed by atoms with Crippen molar-refractivity contribution in [3.63, 3.8) is 0 Å². The summed E-state index contributed by atoms with van der Waals surface area (Å²) in [5.41, 5.74) is 2.84. The van der Waals surface area contributed by atoms with Gasteiger partial charge in [0.05, 0.1) is 10.0 Å². The standard InChI is InChI=1S/C21H18Cl2N4O/c1-13-9-15(12-25-11-13)20(24)27-21(28)19(14-5-3-2-4-6-14)26-16-7-8-17(22)18(23)10-16/h2-12,19,26H,1H3,(H2,24,27,28). The smallest absolute Gasteiger partial charge is 0.252 e. The molecule has 7 heteroatoms. The molecule has 0 radical (unpaired) electrons. The zero-order valence-corrected chi connectivity index (χ0v) is 16.6. The van der Waals surface area contributed by atoms with Gasteiger partial charge in [0.1, 0.15) is 11.9 Å². The van der Waals surface area contributed by atoms with E-state index in [0.29, 0.717) is 21.3 Å². The van der Waals surface area contributed by atoms with Crippen LogP contribution in [0.3, 0.4) is 0 Å². The predicted molar refractivity (Wildman–Crippen MR) is 113 cm³/mol. The Morgan fingerprint density at radius 1 is 1.04 bits per heavy atom. The minimum Gasteiger partial charge on any atom is -0.370 e. The van der Waals surface area contributed by atoms with Crippen molar-refractivity contribution >= 4 is 40.6 Å². The molecule has 28 heavy (non-hydrogen) atoms. The second kappa shape index (κ2) is 8.87. The number of aryl methyl sites for hydroxylation is 1. The second-order valence-electron chi connectivity index (χ2n) is 6.23. The van der Waals surface area contributed by atoms with Gasteiger partial charge in [0.2, 0.25) is 0 Å². The van der Waals surface area contributed by atoms with Crippen LogP contribution in [0.5, 0.6) is 0 Å². The molecule has 1 amide bonds. The monoisotopic (exact) mass is 412 g/mol. The number of amides is 1. The van der Waals surface area contributed by atoms with Gasteiger partial charge in [-0.05, 0) is 42.3 Å². The summed E-state index contributed by atoms with van der Waals surface area (Å²) >= 11 is 12.1. The van der Waals surface area contributed by atoms with Crippen LogP contribution in [-0.2, 0) is 4.79 Å². The van der Waals surface area contributed by atoms with Gasteiger partial charge < -0.3 is 10.6 Å². The van der Waals surface area contributed by atoms with E-state index < -0.39 is 6.04 Å². The SMILES string of the molecule is Cc1cncc(C(=N)NC(=O)C(Nc2ccc(Cl)c(Cl)c2)c2ccccc2)c1. The maximum Gasteiger partial charge on any atom is 0.252 e. The molecule has 142 valence electrons. The van der Waals surface area contributed by atoms with Crippen LogP contribution in [0.15, 0.2) is 67.0 Å². The van der Waals surface area contributed by atoms with Crippen molar-refractivity contribution in [3.05, 3.63) is 93.7 Å². The molecule has 0 saturated carbocycles. The average molecular weight is 413 g/mol. The molecule has 0 aliphatic carbocycles. The number of aromatic nitrogens is 1. The number of nitrogens with zero attached hydrogens (tertiary/aromatic N) is 1. The summed E-state index contributed by atoms with van der Waals surface area (Å²) in [6.07, 6.45) is 3.23. The molecule has 1 atom stereocenters. The molecule has 0 saturated heterocycles. The molecule has 1 heterocycles. The molecular weight excluding hydrogens is 395 g/mol. The maximum absolute atomic E-state index is 13.0. The van der Waals surface area contributed by atoms with Crippen molar-refractivity contribution < 1.29 is 4.79 Å². The number of nitrogens with one attached hydrogen (secondary N) is 3. The molecule has 1 unspecified atom stereocenters. The van der Waals surface area contributed by atoms with Gasteiger partial charge in [0.25, 0.3) is 5.91 Å². The van der Waals surface area contributed by atoms with E-state index >= 15 is 0 Å². The van der Waals surface area contributed by atoms with E-state index in [1.807, 2.05) is 37.3 Å². The number of amidine groups is 1. The Hall–Kier alpha value is -2.89. The van der Waals surface area contributed by atoms with Gasteiger partial charge in [-0.1, -0.05) is 53.5 Å². The van der Waals surface area contributed by atoms with Crippen LogP contribution >= 0.6 is 23.2 Å². The molecular formula is C21H18Cl2N4O. The first-order valence-corrected chi connectivity index (χ1v) is 9.27. The number of pyridine rings is 1. The van der Waals surface area contributed by atoms with Gasteiger partial charge in [0.15, 0.2) is 0 Å². The van der Waals surface area contributed by atoms with Crippen LogP contribution in [0.1, 0.15) is 22.7 Å². The average Bonchev–Trinajstić information content (AvgIpc) is 2.69. The summed E-state index contributed by atoms with van der Waals surface area (Å²) in [7, 11) is 0. The summed E-state index contributed by atoms with van der Waals surface area (Å²) in [4.78, 5) is 17.0. The first kappa shape index (κ1) is 19.9. The van der Waals surface area contributed by atoms with Gasteiger partial charge in [0, 0.05) is 23.6 Å². The minimum atomic E-state index is -0.725. The lowest BCUT2D eigenvalue weighted by molar-refractivity contribution is -0.120. The number of hydrogen-bond acceptors (Lipinski definition) is 4. The highest BCUT2D eigenvalue weighted by molar-refractivity contribution is 6.42. The van der Waals surface area contributed by atoms with E-state index in [2.05, 4.69) is 15.6 Å². The van der Waals surface area contributed by atoms with Crippen molar-refractivity contribution in [1.82, 2.24) is 10.3 Å². The third-order valence-corrected chi connectivity index (χ3v) is 4.78. The Labute approximate surface area is 173 Å². The highest BCUT2D eigenvalue weighted by Crippen LogP contribution is 2.27. The van der Waals surface area contributed by atoms with Crippen LogP contribution in [0.25, 0.3) is 0 Å². The van der Waals surface area contributed by atoms with Gasteiger partial charge in [-0.15, -0.1) is 0 Å². The first-order chi connectivity index (χ1) is 13.4. The normalized spacial score (nSPS) is 11.5. The van der Waals surface area contributed by atoms with E-state index in [9.17, 15) is 4.79 Å². The van der Waals surface area contributed by atoms with Crippen molar-refractivity contribution in [2.45, 2.75) is 13.0 Å². The van der Waals surface area contributed by atoms with Crippen LogP contribution in [0, 0.1) is 12.3 Å². The predicted octanol–water partition coefficient (Wildman–Crippen LogP) is 4.99. The molecule has 0 spiro atoms. The van der Waals surface area contributed by atoms with E-state index in [0.717, 1.165) is 11.1 Å². The molecule has 3 N–H and O–H groups in total.